The predicted octanol–water partition coefficient (Wildman–Crippen LogP) is 16.7. The minimum atomic E-state index is 0.823. The molecule has 3 heteroatoms. The molecule has 0 saturated carbocycles. The third-order valence-electron chi connectivity index (χ3n) is 11.6. The summed E-state index contributed by atoms with van der Waals surface area (Å²) in [5, 5.41) is 4.41. The Balaban J connectivity index is 1.23. The lowest BCUT2D eigenvalue weighted by molar-refractivity contribution is 0.669. The number of fused-ring (bicyclic) bond motifs is 4. The van der Waals surface area contributed by atoms with Crippen LogP contribution >= 0.6 is 0 Å². The first-order chi connectivity index (χ1) is 30.3. The number of anilines is 6. The van der Waals surface area contributed by atoms with E-state index in [2.05, 4.69) is 252 Å². The third kappa shape index (κ3) is 6.69. The van der Waals surface area contributed by atoms with E-state index in [0.29, 0.717) is 0 Å². The molecule has 0 fully saturated rings. The Labute approximate surface area is 355 Å². The first-order valence-electron chi connectivity index (χ1n) is 20.8. The molecule has 1 aromatic heterocycles. The van der Waals surface area contributed by atoms with Crippen LogP contribution in [0.25, 0.3) is 66.1 Å². The number of hydrogen-bond donors (Lipinski definition) is 0. The first kappa shape index (κ1) is 36.0. The summed E-state index contributed by atoms with van der Waals surface area (Å²) in [4.78, 5) is 4.81. The summed E-state index contributed by atoms with van der Waals surface area (Å²) in [6.07, 6.45) is 0. The van der Waals surface area contributed by atoms with Crippen molar-refractivity contribution in [1.29, 1.82) is 0 Å². The van der Waals surface area contributed by atoms with Crippen LogP contribution in [0, 0.1) is 0 Å². The molecule has 61 heavy (non-hydrogen) atoms. The van der Waals surface area contributed by atoms with Crippen molar-refractivity contribution in [1.82, 2.24) is 0 Å². The van der Waals surface area contributed by atoms with Gasteiger partial charge in [0, 0.05) is 28.1 Å². The lowest BCUT2D eigenvalue weighted by Crippen LogP contribution is -2.17. The SMILES string of the molecule is c1ccc(-c2ccc(N(c3ccccc3)c3c(N(c4ccccc4)c4ccc(-c5ccccc5)c(-c5ccccc5)c4)ccc4oc5cc6ccccc6cc5c34)cc2)cc1. The van der Waals surface area contributed by atoms with Crippen LogP contribution in [0.2, 0.25) is 0 Å². The fourth-order valence-electron chi connectivity index (χ4n) is 8.75. The minimum absolute atomic E-state index is 0.823. The second-order valence-electron chi connectivity index (χ2n) is 15.3. The second kappa shape index (κ2) is 15.6. The lowest BCUT2D eigenvalue weighted by atomic mass is 9.93. The number of nitrogens with zero attached hydrogens (tertiary/aromatic N) is 2. The van der Waals surface area contributed by atoms with Gasteiger partial charge < -0.3 is 14.2 Å². The molecule has 1 heterocycles. The number of para-hydroxylation sites is 2. The molecule has 0 unspecified atom stereocenters. The van der Waals surface area contributed by atoms with Gasteiger partial charge in [-0.05, 0) is 117 Å². The van der Waals surface area contributed by atoms with Gasteiger partial charge in [-0.25, -0.2) is 0 Å². The molecule has 0 aliphatic rings. The Kier molecular flexibility index (Phi) is 9.18. The molecule has 0 aliphatic carbocycles. The van der Waals surface area contributed by atoms with Gasteiger partial charge in [0.2, 0.25) is 0 Å². The summed E-state index contributed by atoms with van der Waals surface area (Å²) in [5.41, 5.74) is 14.9. The van der Waals surface area contributed by atoms with Crippen LogP contribution in [-0.4, -0.2) is 0 Å². The quantitative estimate of drug-likeness (QED) is 0.145. The highest BCUT2D eigenvalue weighted by molar-refractivity contribution is 6.19. The van der Waals surface area contributed by atoms with Crippen molar-refractivity contribution >= 4 is 66.8 Å². The summed E-state index contributed by atoms with van der Waals surface area (Å²) < 4.78 is 6.84. The maximum atomic E-state index is 6.84. The lowest BCUT2D eigenvalue weighted by Gasteiger charge is -2.34. The van der Waals surface area contributed by atoms with Crippen molar-refractivity contribution in [2.75, 3.05) is 9.80 Å². The summed E-state index contributed by atoms with van der Waals surface area (Å²) in [5.74, 6) is 0. The van der Waals surface area contributed by atoms with E-state index < -0.39 is 0 Å². The van der Waals surface area contributed by atoms with E-state index in [1.165, 1.54) is 16.7 Å². The van der Waals surface area contributed by atoms with Gasteiger partial charge in [-0.1, -0.05) is 170 Å². The number of rotatable bonds is 9. The maximum absolute atomic E-state index is 6.84. The highest BCUT2D eigenvalue weighted by Crippen LogP contribution is 2.52. The summed E-state index contributed by atoms with van der Waals surface area (Å²) >= 11 is 0. The van der Waals surface area contributed by atoms with Crippen LogP contribution in [0.1, 0.15) is 0 Å². The average molecular weight is 781 g/mol. The zero-order valence-electron chi connectivity index (χ0n) is 33.4. The first-order valence-corrected chi connectivity index (χ1v) is 20.8. The van der Waals surface area contributed by atoms with Gasteiger partial charge in [0.1, 0.15) is 11.2 Å². The third-order valence-corrected chi connectivity index (χ3v) is 11.6. The highest BCUT2D eigenvalue weighted by atomic mass is 16.3. The van der Waals surface area contributed by atoms with Crippen molar-refractivity contribution in [2.45, 2.75) is 0 Å². The largest absolute Gasteiger partial charge is 0.456 e. The molecule has 10 aromatic carbocycles. The van der Waals surface area contributed by atoms with Gasteiger partial charge in [-0.15, -0.1) is 0 Å². The molecule has 0 bridgehead atoms. The highest BCUT2D eigenvalue weighted by Gasteiger charge is 2.28. The van der Waals surface area contributed by atoms with Crippen LogP contribution in [0.5, 0.6) is 0 Å². The number of benzene rings is 10. The number of furan rings is 1. The Morgan fingerprint density at radius 1 is 0.295 bits per heavy atom. The molecule has 0 spiro atoms. The summed E-state index contributed by atoms with van der Waals surface area (Å²) in [6.45, 7) is 0. The Morgan fingerprint density at radius 3 is 1.39 bits per heavy atom. The average Bonchev–Trinajstić information content (AvgIpc) is 3.70. The van der Waals surface area contributed by atoms with Crippen LogP contribution in [-0.2, 0) is 0 Å². The summed E-state index contributed by atoms with van der Waals surface area (Å²) in [6, 6.07) is 86.6. The second-order valence-corrected chi connectivity index (χ2v) is 15.3. The van der Waals surface area contributed by atoms with Gasteiger partial charge in [-0.2, -0.15) is 0 Å². The van der Waals surface area contributed by atoms with Crippen molar-refractivity contribution in [2.24, 2.45) is 0 Å². The van der Waals surface area contributed by atoms with Crippen LogP contribution in [0.3, 0.4) is 0 Å². The Morgan fingerprint density at radius 2 is 0.770 bits per heavy atom. The van der Waals surface area contributed by atoms with Gasteiger partial charge in [0.15, 0.2) is 0 Å². The van der Waals surface area contributed by atoms with Crippen molar-refractivity contribution < 1.29 is 4.42 Å². The van der Waals surface area contributed by atoms with Crippen LogP contribution < -0.4 is 9.80 Å². The van der Waals surface area contributed by atoms with E-state index >= 15 is 0 Å². The topological polar surface area (TPSA) is 19.6 Å². The molecule has 0 saturated heterocycles. The molecule has 0 amide bonds. The molecule has 0 aliphatic heterocycles. The Hall–Kier alpha value is -8.14. The van der Waals surface area contributed by atoms with Crippen molar-refractivity contribution in [3.05, 3.63) is 243 Å². The molecule has 288 valence electrons. The maximum Gasteiger partial charge on any atom is 0.137 e. The molecule has 11 rings (SSSR count). The standard InChI is InChI=1S/C58H40N2O/c1-6-18-41(19-7-1)42-30-32-49(33-31-42)60(48-28-14-5-15-29-48)58-54(36-37-55-57(58)53-38-45-24-16-17-25-46(45)39-56(53)61-55)59(47-26-12-4-13-27-47)50-34-35-51(43-20-8-2-9-21-43)52(40-50)44-22-10-3-11-23-44/h1-40H. The zero-order chi connectivity index (χ0) is 40.5. The van der Waals surface area contributed by atoms with E-state index in [1.54, 1.807) is 0 Å². The van der Waals surface area contributed by atoms with Gasteiger partial charge >= 0.3 is 0 Å². The molecular formula is C58H40N2O. The molecular weight excluding hydrogens is 741 g/mol. The van der Waals surface area contributed by atoms with Crippen molar-refractivity contribution in [3.63, 3.8) is 0 Å². The van der Waals surface area contributed by atoms with Crippen LogP contribution in [0.15, 0.2) is 247 Å². The number of hydrogen-bond acceptors (Lipinski definition) is 3. The van der Waals surface area contributed by atoms with E-state index in [0.717, 1.165) is 83.5 Å². The van der Waals surface area contributed by atoms with E-state index in [4.69, 9.17) is 4.42 Å². The molecule has 11 aromatic rings. The predicted molar refractivity (Wildman–Crippen MR) is 257 cm³/mol. The molecule has 3 nitrogen and oxygen atoms in total. The Bertz CT molecular complexity index is 3270. The fourth-order valence-corrected chi connectivity index (χ4v) is 8.75. The molecule has 0 N–H and O–H groups in total. The zero-order valence-corrected chi connectivity index (χ0v) is 33.4. The normalized spacial score (nSPS) is 11.3. The molecule has 0 radical (unpaired) electrons. The smallest absolute Gasteiger partial charge is 0.137 e. The minimum Gasteiger partial charge on any atom is -0.456 e. The molecule has 0 atom stereocenters. The van der Waals surface area contributed by atoms with E-state index in [1.807, 2.05) is 0 Å². The van der Waals surface area contributed by atoms with Gasteiger partial charge in [-0.3, -0.25) is 0 Å². The monoisotopic (exact) mass is 780 g/mol. The summed E-state index contributed by atoms with van der Waals surface area (Å²) in [7, 11) is 0. The van der Waals surface area contributed by atoms with Crippen molar-refractivity contribution in [3.8, 4) is 33.4 Å². The fraction of sp³-hybridized carbons (Fsp3) is 0. The van der Waals surface area contributed by atoms with E-state index in [-0.39, 0.29) is 0 Å². The van der Waals surface area contributed by atoms with Gasteiger partial charge in [0.25, 0.3) is 0 Å². The van der Waals surface area contributed by atoms with Crippen LogP contribution in [0.4, 0.5) is 34.1 Å². The van der Waals surface area contributed by atoms with Gasteiger partial charge in [0.05, 0.1) is 16.8 Å². The van der Waals surface area contributed by atoms with E-state index in [9.17, 15) is 0 Å².